The molecule has 3 rings (SSSR count). The Kier molecular flexibility index (Phi) is 3.87. The molecule has 2 aromatic heterocycles. The molecule has 1 N–H and O–H groups in total. The summed E-state index contributed by atoms with van der Waals surface area (Å²) in [4.78, 5) is 12.5. The van der Waals surface area contributed by atoms with Crippen LogP contribution < -0.4 is 5.32 Å². The van der Waals surface area contributed by atoms with Gasteiger partial charge in [-0.2, -0.15) is 15.0 Å². The van der Waals surface area contributed by atoms with E-state index in [9.17, 15) is 0 Å². The van der Waals surface area contributed by atoms with Crippen LogP contribution in [0.3, 0.4) is 0 Å². The molecule has 0 spiro atoms. The molecule has 1 fully saturated rings. The second kappa shape index (κ2) is 5.96. The third-order valence-electron chi connectivity index (χ3n) is 3.51. The van der Waals surface area contributed by atoms with Crippen LogP contribution in [0.15, 0.2) is 24.8 Å². The molecule has 20 heavy (non-hydrogen) atoms. The van der Waals surface area contributed by atoms with Crippen molar-refractivity contribution in [3.63, 3.8) is 0 Å². The largest absolute Gasteiger partial charge is 0.366 e. The van der Waals surface area contributed by atoms with Crippen LogP contribution in [-0.4, -0.2) is 55.5 Å². The molecule has 0 radical (unpaired) electrons. The highest BCUT2D eigenvalue weighted by molar-refractivity contribution is 5.36. The number of nitrogens with zero attached hydrogens (tertiary/aromatic N) is 6. The average Bonchev–Trinajstić information content (AvgIpc) is 3.07. The van der Waals surface area contributed by atoms with Crippen LogP contribution in [-0.2, 0) is 6.54 Å². The highest BCUT2D eigenvalue weighted by atomic mass is 15.5. The molecule has 1 aliphatic rings. The van der Waals surface area contributed by atoms with Gasteiger partial charge >= 0.3 is 0 Å². The Morgan fingerprint density at radius 1 is 1.25 bits per heavy atom. The fraction of sp³-hybridized carbons (Fsp3) is 0.538. The van der Waals surface area contributed by atoms with Crippen molar-refractivity contribution in [3.8, 4) is 0 Å². The number of nitrogens with one attached hydrogen (secondary N) is 1. The summed E-state index contributed by atoms with van der Waals surface area (Å²) in [7, 11) is 0. The molecule has 7 nitrogen and oxygen atoms in total. The van der Waals surface area contributed by atoms with Gasteiger partial charge in [0.15, 0.2) is 0 Å². The number of aromatic nitrogens is 5. The molecule has 0 amide bonds. The summed E-state index contributed by atoms with van der Waals surface area (Å²) in [5, 5.41) is 11.7. The van der Waals surface area contributed by atoms with Crippen molar-refractivity contribution in [3.05, 3.63) is 30.5 Å². The SMILES string of the molecule is Cc1cc(NC2CCN(CCn3nccn3)C2)ncn1. The number of rotatable bonds is 5. The average molecular weight is 273 g/mol. The predicted octanol–water partition coefficient (Wildman–Crippen LogP) is 0.563. The van der Waals surface area contributed by atoms with Crippen LogP contribution in [0.2, 0.25) is 0 Å². The zero-order valence-electron chi connectivity index (χ0n) is 11.6. The van der Waals surface area contributed by atoms with Gasteiger partial charge < -0.3 is 5.32 Å². The Morgan fingerprint density at radius 2 is 2.10 bits per heavy atom. The number of aryl methyl sites for hydroxylation is 1. The standard InChI is InChI=1S/C13H19N7/c1-11-8-13(15-10-14-11)18-12-2-5-19(9-12)6-7-20-16-3-4-17-20/h3-4,8,10,12H,2,5-7,9H2,1H3,(H,14,15,18). The van der Waals surface area contributed by atoms with E-state index in [4.69, 9.17) is 0 Å². The second-order valence-electron chi connectivity index (χ2n) is 5.10. The fourth-order valence-corrected chi connectivity index (χ4v) is 2.49. The summed E-state index contributed by atoms with van der Waals surface area (Å²) < 4.78 is 0. The Balaban J connectivity index is 1.47. The van der Waals surface area contributed by atoms with E-state index in [0.717, 1.165) is 44.1 Å². The van der Waals surface area contributed by atoms with E-state index in [-0.39, 0.29) is 0 Å². The molecule has 1 aliphatic heterocycles. The van der Waals surface area contributed by atoms with Gasteiger partial charge in [-0.05, 0) is 13.3 Å². The lowest BCUT2D eigenvalue weighted by molar-refractivity contribution is 0.304. The highest BCUT2D eigenvalue weighted by Gasteiger charge is 2.22. The summed E-state index contributed by atoms with van der Waals surface area (Å²) in [6, 6.07) is 2.44. The lowest BCUT2D eigenvalue weighted by Gasteiger charge is -2.16. The van der Waals surface area contributed by atoms with Crippen LogP contribution in [0, 0.1) is 6.92 Å². The second-order valence-corrected chi connectivity index (χ2v) is 5.10. The third kappa shape index (κ3) is 3.30. The number of anilines is 1. The lowest BCUT2D eigenvalue weighted by atomic mass is 10.2. The van der Waals surface area contributed by atoms with Gasteiger partial charge in [0.1, 0.15) is 12.1 Å². The van der Waals surface area contributed by atoms with Crippen LogP contribution in [0.4, 0.5) is 5.82 Å². The number of hydrogen-bond donors (Lipinski definition) is 1. The molecule has 7 heteroatoms. The summed E-state index contributed by atoms with van der Waals surface area (Å²) in [6.45, 7) is 5.93. The minimum absolute atomic E-state index is 0.454. The van der Waals surface area contributed by atoms with E-state index in [1.165, 1.54) is 0 Å². The quantitative estimate of drug-likeness (QED) is 0.858. The molecule has 0 aromatic carbocycles. The van der Waals surface area contributed by atoms with E-state index in [1.54, 1.807) is 23.5 Å². The maximum atomic E-state index is 4.25. The molecule has 0 bridgehead atoms. The first-order valence-corrected chi connectivity index (χ1v) is 6.91. The van der Waals surface area contributed by atoms with Crippen molar-refractivity contribution in [2.75, 3.05) is 25.0 Å². The maximum absolute atomic E-state index is 4.25. The smallest absolute Gasteiger partial charge is 0.129 e. The van der Waals surface area contributed by atoms with Crippen LogP contribution in [0.5, 0.6) is 0 Å². The Morgan fingerprint density at radius 3 is 2.90 bits per heavy atom. The number of likely N-dealkylation sites (tertiary alicyclic amines) is 1. The zero-order valence-corrected chi connectivity index (χ0v) is 11.6. The molecule has 1 atom stereocenters. The van der Waals surface area contributed by atoms with Gasteiger partial charge in [-0.25, -0.2) is 9.97 Å². The maximum Gasteiger partial charge on any atom is 0.129 e. The van der Waals surface area contributed by atoms with E-state index in [2.05, 4.69) is 30.4 Å². The van der Waals surface area contributed by atoms with Crippen molar-refractivity contribution in [2.45, 2.75) is 25.9 Å². The monoisotopic (exact) mass is 273 g/mol. The molecule has 1 unspecified atom stereocenters. The minimum Gasteiger partial charge on any atom is -0.366 e. The molecule has 3 heterocycles. The van der Waals surface area contributed by atoms with Crippen molar-refractivity contribution < 1.29 is 0 Å². The van der Waals surface area contributed by atoms with Gasteiger partial charge in [-0.1, -0.05) is 0 Å². The Labute approximate surface area is 118 Å². The molecule has 0 saturated carbocycles. The Hall–Kier alpha value is -2.02. The van der Waals surface area contributed by atoms with Crippen LogP contribution in [0.25, 0.3) is 0 Å². The van der Waals surface area contributed by atoms with Gasteiger partial charge in [-0.3, -0.25) is 4.90 Å². The summed E-state index contributed by atoms with van der Waals surface area (Å²) in [5.41, 5.74) is 0.988. The summed E-state index contributed by atoms with van der Waals surface area (Å²) in [5.74, 6) is 0.915. The lowest BCUT2D eigenvalue weighted by Crippen LogP contribution is -2.29. The molecule has 2 aromatic rings. The van der Waals surface area contributed by atoms with E-state index < -0.39 is 0 Å². The molecule has 1 saturated heterocycles. The molecular weight excluding hydrogens is 254 g/mol. The molecule has 106 valence electrons. The van der Waals surface area contributed by atoms with Gasteiger partial charge in [-0.15, -0.1) is 0 Å². The van der Waals surface area contributed by atoms with Crippen molar-refractivity contribution in [2.24, 2.45) is 0 Å². The topological polar surface area (TPSA) is 71.8 Å². The van der Waals surface area contributed by atoms with Gasteiger partial charge in [0.05, 0.1) is 18.9 Å². The van der Waals surface area contributed by atoms with Crippen molar-refractivity contribution >= 4 is 5.82 Å². The first-order chi connectivity index (χ1) is 9.79. The van der Waals surface area contributed by atoms with E-state index in [0.29, 0.717) is 6.04 Å². The fourth-order valence-electron chi connectivity index (χ4n) is 2.49. The van der Waals surface area contributed by atoms with Gasteiger partial charge in [0, 0.05) is 37.4 Å². The van der Waals surface area contributed by atoms with E-state index in [1.807, 2.05) is 13.0 Å². The summed E-state index contributed by atoms with van der Waals surface area (Å²) >= 11 is 0. The molecular formula is C13H19N7. The highest BCUT2D eigenvalue weighted by Crippen LogP contribution is 2.14. The predicted molar refractivity (Wildman–Crippen MR) is 75.3 cm³/mol. The molecule has 0 aliphatic carbocycles. The van der Waals surface area contributed by atoms with E-state index >= 15 is 0 Å². The Bertz CT molecular complexity index is 539. The van der Waals surface area contributed by atoms with Gasteiger partial charge in [0.2, 0.25) is 0 Å². The van der Waals surface area contributed by atoms with Crippen molar-refractivity contribution in [1.82, 2.24) is 29.9 Å². The first kappa shape index (κ1) is 13.0. The normalized spacial score (nSPS) is 19.4. The van der Waals surface area contributed by atoms with Crippen molar-refractivity contribution in [1.29, 1.82) is 0 Å². The first-order valence-electron chi connectivity index (χ1n) is 6.91. The third-order valence-corrected chi connectivity index (χ3v) is 3.51. The van der Waals surface area contributed by atoms with Crippen LogP contribution in [0.1, 0.15) is 12.1 Å². The zero-order chi connectivity index (χ0) is 13.8. The summed E-state index contributed by atoms with van der Waals surface area (Å²) in [6.07, 6.45) is 6.17. The van der Waals surface area contributed by atoms with Crippen LogP contribution >= 0.6 is 0 Å². The number of hydrogen-bond acceptors (Lipinski definition) is 6. The minimum atomic E-state index is 0.454. The van der Waals surface area contributed by atoms with Gasteiger partial charge in [0.25, 0.3) is 0 Å².